The lowest BCUT2D eigenvalue weighted by atomic mass is 10.1. The van der Waals surface area contributed by atoms with E-state index in [9.17, 15) is 9.59 Å². The van der Waals surface area contributed by atoms with Crippen LogP contribution >= 0.6 is 35.1 Å². The zero-order valence-electron chi connectivity index (χ0n) is 16.9. The molecule has 0 fully saturated rings. The van der Waals surface area contributed by atoms with Crippen LogP contribution in [-0.4, -0.2) is 43.0 Å². The second-order valence-electron chi connectivity index (χ2n) is 6.59. The second-order valence-corrected chi connectivity index (χ2v) is 9.08. The number of aromatic nitrogens is 4. The number of aryl methyl sites for hydroxylation is 1. The molecule has 1 atom stereocenters. The van der Waals surface area contributed by atoms with Crippen LogP contribution in [-0.2, 0) is 17.8 Å². The fraction of sp³-hybridized carbons (Fsp3) is 0.286. The van der Waals surface area contributed by atoms with Gasteiger partial charge in [0.15, 0.2) is 5.78 Å². The Hall–Kier alpha value is -2.36. The van der Waals surface area contributed by atoms with Gasteiger partial charge in [-0.3, -0.25) is 9.59 Å². The molecule has 1 heterocycles. The summed E-state index contributed by atoms with van der Waals surface area (Å²) in [7, 11) is 0. The average molecular weight is 476 g/mol. The van der Waals surface area contributed by atoms with Crippen LogP contribution in [0.5, 0.6) is 0 Å². The number of carbonyl (C=O) groups is 2. The number of halogens is 1. The Labute approximate surface area is 194 Å². The molecule has 0 radical (unpaired) electrons. The highest BCUT2D eigenvalue weighted by Gasteiger charge is 2.22. The van der Waals surface area contributed by atoms with Crippen LogP contribution in [0.1, 0.15) is 18.9 Å². The molecule has 0 spiro atoms. The summed E-state index contributed by atoms with van der Waals surface area (Å²) in [4.78, 5) is 25.9. The predicted octanol–water partition coefficient (Wildman–Crippen LogP) is 4.51. The minimum Gasteiger partial charge on any atom is -0.337 e. The number of rotatable bonds is 10. The zero-order chi connectivity index (χ0) is 22.1. The van der Waals surface area contributed by atoms with Gasteiger partial charge in [-0.2, -0.15) is 0 Å². The lowest BCUT2D eigenvalue weighted by Crippen LogP contribution is -2.40. The van der Waals surface area contributed by atoms with Crippen LogP contribution in [0.25, 0.3) is 0 Å². The molecule has 0 aliphatic heterocycles. The van der Waals surface area contributed by atoms with Crippen LogP contribution in [0.2, 0.25) is 5.02 Å². The molecule has 162 valence electrons. The topological polar surface area (TPSA) is 89.8 Å². The van der Waals surface area contributed by atoms with Gasteiger partial charge in [0.25, 0.3) is 5.24 Å². The van der Waals surface area contributed by atoms with E-state index in [1.807, 2.05) is 55.5 Å². The van der Waals surface area contributed by atoms with Crippen molar-refractivity contribution in [2.24, 2.45) is 0 Å². The van der Waals surface area contributed by atoms with E-state index in [1.165, 1.54) is 33.8 Å². The average Bonchev–Trinajstić information content (AvgIpc) is 3.20. The van der Waals surface area contributed by atoms with Crippen LogP contribution in [0.15, 0.2) is 64.6 Å². The number of nitrogens with one attached hydrogen (secondary N) is 1. The Bertz CT molecular complexity index is 1020. The van der Waals surface area contributed by atoms with Gasteiger partial charge in [0.05, 0.1) is 11.1 Å². The van der Waals surface area contributed by atoms with Gasteiger partial charge >= 0.3 is 0 Å². The fourth-order valence-corrected chi connectivity index (χ4v) is 4.55. The number of carbonyl (C=O) groups excluding carboxylic acids is 2. The standard InChI is InChI=1S/C21H22ClN5O2S2/c1-2-17(23-21(29)30-13-12-15-8-4-3-5-9-15)18(28)14-27-20(24-25-26-27)31-19-11-7-6-10-16(19)22/h3-11,17H,2,12-14H2,1H3,(H,23,29). The fourth-order valence-electron chi connectivity index (χ4n) is 2.75. The molecule has 3 rings (SSSR count). The normalized spacial score (nSPS) is 11.8. The highest BCUT2D eigenvalue weighted by Crippen LogP contribution is 2.31. The molecule has 10 heteroatoms. The Kier molecular flexibility index (Phi) is 8.93. The summed E-state index contributed by atoms with van der Waals surface area (Å²) in [5, 5.41) is 15.2. The van der Waals surface area contributed by atoms with E-state index >= 15 is 0 Å². The van der Waals surface area contributed by atoms with Gasteiger partial charge in [0.2, 0.25) is 5.16 Å². The van der Waals surface area contributed by atoms with E-state index in [1.54, 1.807) is 6.07 Å². The van der Waals surface area contributed by atoms with E-state index in [0.717, 1.165) is 11.3 Å². The maximum Gasteiger partial charge on any atom is 0.279 e. The van der Waals surface area contributed by atoms with E-state index < -0.39 is 6.04 Å². The smallest absolute Gasteiger partial charge is 0.279 e. The summed E-state index contributed by atoms with van der Waals surface area (Å²) in [5.74, 6) is 0.486. The van der Waals surface area contributed by atoms with Crippen molar-refractivity contribution in [3.63, 3.8) is 0 Å². The van der Waals surface area contributed by atoms with Crippen LogP contribution in [0, 0.1) is 0 Å². The molecular formula is C21H22ClN5O2S2. The Morgan fingerprint density at radius 1 is 1.13 bits per heavy atom. The number of hydrogen-bond acceptors (Lipinski definition) is 7. The van der Waals surface area contributed by atoms with Crippen LogP contribution in [0.4, 0.5) is 4.79 Å². The quantitative estimate of drug-likeness (QED) is 0.461. The van der Waals surface area contributed by atoms with E-state index in [-0.39, 0.29) is 17.6 Å². The Morgan fingerprint density at radius 2 is 1.87 bits per heavy atom. The third-order valence-electron chi connectivity index (χ3n) is 4.40. The first kappa shape index (κ1) is 23.3. The summed E-state index contributed by atoms with van der Waals surface area (Å²) < 4.78 is 1.42. The summed E-state index contributed by atoms with van der Waals surface area (Å²) in [6.07, 6.45) is 1.27. The second kappa shape index (κ2) is 11.9. The van der Waals surface area contributed by atoms with Gasteiger partial charge in [-0.25, -0.2) is 4.68 Å². The number of amides is 1. The van der Waals surface area contributed by atoms with Gasteiger partial charge in [-0.15, -0.1) is 5.10 Å². The van der Waals surface area contributed by atoms with Crippen molar-refractivity contribution in [3.8, 4) is 0 Å². The predicted molar refractivity (Wildman–Crippen MR) is 124 cm³/mol. The van der Waals surface area contributed by atoms with Crippen molar-refractivity contribution in [2.45, 2.75) is 42.4 Å². The third kappa shape index (κ3) is 7.09. The Morgan fingerprint density at radius 3 is 2.61 bits per heavy atom. The molecule has 0 aliphatic rings. The summed E-state index contributed by atoms with van der Waals surface area (Å²) in [6, 6.07) is 16.7. The number of ketones is 1. The molecule has 2 aromatic carbocycles. The van der Waals surface area contributed by atoms with Crippen molar-refractivity contribution >= 4 is 46.1 Å². The molecule has 0 saturated carbocycles. The number of benzene rings is 2. The molecule has 1 unspecified atom stereocenters. The third-order valence-corrected chi connectivity index (χ3v) is 6.68. The molecule has 1 aromatic heterocycles. The summed E-state index contributed by atoms with van der Waals surface area (Å²) in [6.45, 7) is 1.82. The highest BCUT2D eigenvalue weighted by molar-refractivity contribution is 8.13. The largest absolute Gasteiger partial charge is 0.337 e. The number of thioether (sulfide) groups is 1. The summed E-state index contributed by atoms with van der Waals surface area (Å²) in [5.41, 5.74) is 1.17. The van der Waals surface area contributed by atoms with Gasteiger partial charge in [-0.1, -0.05) is 72.8 Å². The lowest BCUT2D eigenvalue weighted by Gasteiger charge is -2.15. The molecular weight excluding hydrogens is 454 g/mol. The van der Waals surface area contributed by atoms with Crippen LogP contribution < -0.4 is 5.32 Å². The number of tetrazole rings is 1. The van der Waals surface area contributed by atoms with Crippen LogP contribution in [0.3, 0.4) is 0 Å². The first-order chi connectivity index (χ1) is 15.1. The zero-order valence-corrected chi connectivity index (χ0v) is 19.3. The molecule has 31 heavy (non-hydrogen) atoms. The van der Waals surface area contributed by atoms with Crippen molar-refractivity contribution in [1.82, 2.24) is 25.5 Å². The first-order valence-corrected chi connectivity index (χ1v) is 11.9. The molecule has 3 aromatic rings. The number of nitrogens with zero attached hydrogens (tertiary/aromatic N) is 4. The molecule has 0 saturated heterocycles. The monoisotopic (exact) mass is 475 g/mol. The Balaban J connectivity index is 1.52. The lowest BCUT2D eigenvalue weighted by molar-refractivity contribution is -0.121. The minimum atomic E-state index is -0.598. The van der Waals surface area contributed by atoms with Crippen molar-refractivity contribution in [1.29, 1.82) is 0 Å². The van der Waals surface area contributed by atoms with Crippen molar-refractivity contribution in [3.05, 3.63) is 65.2 Å². The maximum absolute atomic E-state index is 12.8. The minimum absolute atomic E-state index is 0.0345. The number of Topliss-reactive ketones (excluding diaryl/α,β-unsaturated/α-hetero) is 1. The molecule has 1 N–H and O–H groups in total. The van der Waals surface area contributed by atoms with E-state index in [2.05, 4.69) is 20.8 Å². The van der Waals surface area contributed by atoms with Crippen molar-refractivity contribution < 1.29 is 9.59 Å². The van der Waals surface area contributed by atoms with Gasteiger partial charge in [0.1, 0.15) is 6.54 Å². The van der Waals surface area contributed by atoms with Gasteiger partial charge in [0, 0.05) is 10.6 Å². The highest BCUT2D eigenvalue weighted by atomic mass is 35.5. The van der Waals surface area contributed by atoms with E-state index in [0.29, 0.717) is 22.4 Å². The number of hydrogen-bond donors (Lipinski definition) is 1. The molecule has 0 aliphatic carbocycles. The first-order valence-electron chi connectivity index (χ1n) is 9.75. The maximum atomic E-state index is 12.8. The van der Waals surface area contributed by atoms with Gasteiger partial charge in [-0.05, 0) is 52.7 Å². The van der Waals surface area contributed by atoms with Crippen molar-refractivity contribution in [2.75, 3.05) is 5.75 Å². The molecule has 7 nitrogen and oxygen atoms in total. The molecule has 0 bridgehead atoms. The van der Waals surface area contributed by atoms with E-state index in [4.69, 9.17) is 11.6 Å². The molecule has 1 amide bonds. The SMILES string of the molecule is CCC(NC(=O)SCCc1ccccc1)C(=O)Cn1nnnc1Sc1ccccc1Cl. The van der Waals surface area contributed by atoms with Gasteiger partial charge < -0.3 is 5.32 Å². The summed E-state index contributed by atoms with van der Waals surface area (Å²) >= 11 is 8.66.